The average Bonchev–Trinajstić information content (AvgIpc) is 2.69. The molecule has 0 radical (unpaired) electrons. The van der Waals surface area contributed by atoms with Crippen molar-refractivity contribution >= 4 is 31.5 Å². The summed E-state index contributed by atoms with van der Waals surface area (Å²) in [7, 11) is -7.31. The lowest BCUT2D eigenvalue weighted by Crippen LogP contribution is -2.35. The fourth-order valence-electron chi connectivity index (χ4n) is 3.16. The first-order valence-electron chi connectivity index (χ1n) is 9.38. The third kappa shape index (κ3) is 5.23. The number of carbonyl (C=O) groups excluding carboxylic acids is 1. The maximum atomic E-state index is 12.6. The average molecular weight is 437 g/mol. The van der Waals surface area contributed by atoms with Crippen LogP contribution in [0, 0.1) is 6.92 Å². The topological polar surface area (TPSA) is 101 Å². The molecule has 3 rings (SSSR count). The van der Waals surface area contributed by atoms with Crippen molar-refractivity contribution in [2.24, 2.45) is 0 Å². The van der Waals surface area contributed by atoms with Crippen molar-refractivity contribution in [1.82, 2.24) is 4.31 Å². The third-order valence-corrected chi connectivity index (χ3v) is 8.34. The highest BCUT2D eigenvalue weighted by Gasteiger charge is 2.26. The predicted molar refractivity (Wildman–Crippen MR) is 111 cm³/mol. The van der Waals surface area contributed by atoms with Crippen molar-refractivity contribution in [1.29, 1.82) is 0 Å². The SMILES string of the molecule is Cc1ccc(S(=O)(=O)CC(=O)Nc2ccc(S(=O)(=O)N3CCCCC3)cc2)cc1. The van der Waals surface area contributed by atoms with Crippen LogP contribution in [0.2, 0.25) is 0 Å². The summed E-state index contributed by atoms with van der Waals surface area (Å²) in [5, 5.41) is 2.51. The Morgan fingerprint density at radius 3 is 2.00 bits per heavy atom. The maximum absolute atomic E-state index is 12.6. The van der Waals surface area contributed by atoms with Gasteiger partial charge >= 0.3 is 0 Å². The van der Waals surface area contributed by atoms with Crippen LogP contribution >= 0.6 is 0 Å². The van der Waals surface area contributed by atoms with Gasteiger partial charge in [0.1, 0.15) is 5.75 Å². The van der Waals surface area contributed by atoms with Crippen molar-refractivity contribution in [3.63, 3.8) is 0 Å². The summed E-state index contributed by atoms with van der Waals surface area (Å²) in [6, 6.07) is 12.1. The van der Waals surface area contributed by atoms with Gasteiger partial charge in [0, 0.05) is 18.8 Å². The van der Waals surface area contributed by atoms with Crippen molar-refractivity contribution in [3.8, 4) is 0 Å². The van der Waals surface area contributed by atoms with Gasteiger partial charge in [0.15, 0.2) is 9.84 Å². The number of sulfonamides is 1. The Labute approximate surface area is 171 Å². The monoisotopic (exact) mass is 436 g/mol. The summed E-state index contributed by atoms with van der Waals surface area (Å²) in [4.78, 5) is 12.4. The lowest BCUT2D eigenvalue weighted by molar-refractivity contribution is -0.113. The van der Waals surface area contributed by atoms with Crippen molar-refractivity contribution in [2.45, 2.75) is 36.0 Å². The molecule has 0 aromatic heterocycles. The van der Waals surface area contributed by atoms with Crippen LogP contribution in [-0.4, -0.2) is 45.9 Å². The number of rotatable bonds is 6. The van der Waals surface area contributed by atoms with Crippen molar-refractivity contribution in [3.05, 3.63) is 54.1 Å². The smallest absolute Gasteiger partial charge is 0.243 e. The quantitative estimate of drug-likeness (QED) is 0.750. The number of benzene rings is 2. The van der Waals surface area contributed by atoms with E-state index in [1.807, 2.05) is 6.92 Å². The van der Waals surface area contributed by atoms with Crippen LogP contribution < -0.4 is 5.32 Å². The van der Waals surface area contributed by atoms with E-state index in [1.165, 1.54) is 40.7 Å². The molecule has 0 aliphatic carbocycles. The number of hydrogen-bond acceptors (Lipinski definition) is 5. The van der Waals surface area contributed by atoms with E-state index in [4.69, 9.17) is 0 Å². The third-order valence-electron chi connectivity index (χ3n) is 4.79. The Morgan fingerprint density at radius 2 is 1.41 bits per heavy atom. The number of amides is 1. The summed E-state index contributed by atoms with van der Waals surface area (Å²) in [5.41, 5.74) is 1.26. The van der Waals surface area contributed by atoms with Crippen molar-refractivity contribution < 1.29 is 21.6 Å². The van der Waals surface area contributed by atoms with Crippen LogP contribution in [0.25, 0.3) is 0 Å². The van der Waals surface area contributed by atoms with Gasteiger partial charge in [0.25, 0.3) is 0 Å². The van der Waals surface area contributed by atoms with Crippen LogP contribution in [0.1, 0.15) is 24.8 Å². The summed E-state index contributed by atoms with van der Waals surface area (Å²) in [6.45, 7) is 2.87. The minimum atomic E-state index is -3.76. The standard InChI is InChI=1S/C20H24N2O5S2/c1-16-5-9-18(10-6-16)28(24,25)15-20(23)21-17-7-11-19(12-8-17)29(26,27)22-13-3-2-4-14-22/h5-12H,2-4,13-15H2,1H3,(H,21,23). The molecular weight excluding hydrogens is 412 g/mol. The van der Waals surface area contributed by atoms with Crippen LogP contribution in [0.15, 0.2) is 58.3 Å². The second kappa shape index (κ2) is 8.64. The van der Waals surface area contributed by atoms with Crippen LogP contribution in [0.5, 0.6) is 0 Å². The molecule has 1 aliphatic rings. The van der Waals surface area contributed by atoms with Gasteiger partial charge in [-0.1, -0.05) is 24.1 Å². The Kier molecular flexibility index (Phi) is 6.40. The lowest BCUT2D eigenvalue weighted by atomic mass is 10.2. The van der Waals surface area contributed by atoms with Gasteiger partial charge in [0.05, 0.1) is 9.79 Å². The number of aryl methyl sites for hydroxylation is 1. The number of carbonyl (C=O) groups is 1. The predicted octanol–water partition coefficient (Wildman–Crippen LogP) is 2.58. The van der Waals surface area contributed by atoms with Crippen LogP contribution in [0.4, 0.5) is 5.69 Å². The second-order valence-corrected chi connectivity index (χ2v) is 11.0. The molecule has 0 atom stereocenters. The van der Waals surface area contributed by atoms with Gasteiger partial charge in [-0.25, -0.2) is 16.8 Å². The Morgan fingerprint density at radius 1 is 0.862 bits per heavy atom. The number of anilines is 1. The number of piperidine rings is 1. The molecule has 9 heteroatoms. The largest absolute Gasteiger partial charge is 0.325 e. The van der Waals surface area contributed by atoms with E-state index >= 15 is 0 Å². The zero-order valence-corrected chi connectivity index (χ0v) is 17.8. The number of sulfone groups is 1. The van der Waals surface area contributed by atoms with Gasteiger partial charge < -0.3 is 5.32 Å². The van der Waals surface area contributed by atoms with E-state index in [0.717, 1.165) is 24.8 Å². The molecule has 0 saturated carbocycles. The molecule has 2 aromatic carbocycles. The summed E-state index contributed by atoms with van der Waals surface area (Å²) in [6.07, 6.45) is 2.73. The molecule has 0 unspecified atom stereocenters. The van der Waals surface area contributed by atoms with E-state index in [1.54, 1.807) is 12.1 Å². The Bertz CT molecular complexity index is 1070. The van der Waals surface area contributed by atoms with E-state index in [2.05, 4.69) is 5.32 Å². The second-order valence-electron chi connectivity index (χ2n) is 7.11. The van der Waals surface area contributed by atoms with E-state index in [9.17, 15) is 21.6 Å². The Balaban J connectivity index is 1.66. The molecule has 1 fully saturated rings. The number of hydrogen-bond donors (Lipinski definition) is 1. The first kappa shape index (κ1) is 21.5. The molecule has 29 heavy (non-hydrogen) atoms. The van der Waals surface area contributed by atoms with Gasteiger partial charge in [-0.3, -0.25) is 4.79 Å². The number of nitrogens with one attached hydrogen (secondary N) is 1. The van der Waals surface area contributed by atoms with Crippen LogP contribution in [-0.2, 0) is 24.7 Å². The summed E-state index contributed by atoms with van der Waals surface area (Å²) >= 11 is 0. The van der Waals surface area contributed by atoms with E-state index < -0.39 is 31.5 Å². The first-order valence-corrected chi connectivity index (χ1v) is 12.5. The molecule has 1 amide bonds. The first-order chi connectivity index (χ1) is 13.7. The number of nitrogens with zero attached hydrogens (tertiary/aromatic N) is 1. The fourth-order valence-corrected chi connectivity index (χ4v) is 5.81. The highest BCUT2D eigenvalue weighted by molar-refractivity contribution is 7.92. The molecule has 1 aliphatic heterocycles. The van der Waals surface area contributed by atoms with E-state index in [0.29, 0.717) is 18.8 Å². The lowest BCUT2D eigenvalue weighted by Gasteiger charge is -2.25. The molecule has 156 valence electrons. The molecule has 1 saturated heterocycles. The van der Waals surface area contributed by atoms with Gasteiger partial charge in [0.2, 0.25) is 15.9 Å². The van der Waals surface area contributed by atoms with Gasteiger partial charge in [-0.05, 0) is 56.2 Å². The fraction of sp³-hybridized carbons (Fsp3) is 0.350. The normalized spacial score (nSPS) is 15.8. The zero-order valence-electron chi connectivity index (χ0n) is 16.2. The molecule has 0 spiro atoms. The molecule has 2 aromatic rings. The minimum Gasteiger partial charge on any atom is -0.325 e. The summed E-state index contributed by atoms with van der Waals surface area (Å²) < 4.78 is 51.5. The molecular formula is C20H24N2O5S2. The highest BCUT2D eigenvalue weighted by atomic mass is 32.2. The Hall–Kier alpha value is -2.23. The maximum Gasteiger partial charge on any atom is 0.243 e. The molecule has 1 heterocycles. The van der Waals surface area contributed by atoms with E-state index in [-0.39, 0.29) is 9.79 Å². The van der Waals surface area contributed by atoms with Crippen molar-refractivity contribution in [2.75, 3.05) is 24.2 Å². The zero-order chi connectivity index (χ0) is 21.1. The van der Waals surface area contributed by atoms with Gasteiger partial charge in [-0.2, -0.15) is 4.31 Å². The summed E-state index contributed by atoms with van der Waals surface area (Å²) in [5.74, 6) is -1.37. The molecule has 0 bridgehead atoms. The molecule has 1 N–H and O–H groups in total. The highest BCUT2D eigenvalue weighted by Crippen LogP contribution is 2.22. The van der Waals surface area contributed by atoms with Crippen LogP contribution in [0.3, 0.4) is 0 Å². The minimum absolute atomic E-state index is 0.0845. The molecule has 7 nitrogen and oxygen atoms in total. The van der Waals surface area contributed by atoms with Gasteiger partial charge in [-0.15, -0.1) is 0 Å².